The average Bonchev–Trinajstić information content (AvgIpc) is 2.45. The lowest BCUT2D eigenvalue weighted by Gasteiger charge is -2.19. The molecule has 2 rings (SSSR count). The van der Waals surface area contributed by atoms with Gasteiger partial charge in [-0.05, 0) is 25.0 Å². The van der Waals surface area contributed by atoms with Crippen LogP contribution < -0.4 is 11.1 Å². The number of carbonyl (C=O) groups is 1. The Labute approximate surface area is 84.3 Å². The second kappa shape index (κ2) is 4.24. The summed E-state index contributed by atoms with van der Waals surface area (Å²) >= 11 is 0. The summed E-state index contributed by atoms with van der Waals surface area (Å²) in [4.78, 5) is 8.58. The molecule has 0 saturated carbocycles. The molecule has 1 amide bonds. The lowest BCUT2D eigenvalue weighted by molar-refractivity contribution is -0.106. The van der Waals surface area contributed by atoms with E-state index < -0.39 is 0 Å². The molecular formula is C11H16N2O. The number of fused-ring (bicyclic) bond motifs is 1. The molecule has 3 N–H and O–H groups in total. The number of rotatable bonds is 0. The van der Waals surface area contributed by atoms with E-state index in [0.29, 0.717) is 0 Å². The van der Waals surface area contributed by atoms with Crippen LogP contribution in [0.2, 0.25) is 0 Å². The van der Waals surface area contributed by atoms with Crippen molar-refractivity contribution in [2.24, 2.45) is 5.73 Å². The van der Waals surface area contributed by atoms with Gasteiger partial charge in [-0.3, -0.25) is 4.79 Å². The van der Waals surface area contributed by atoms with Gasteiger partial charge >= 0.3 is 0 Å². The third kappa shape index (κ3) is 2.12. The number of hydrogen-bond acceptors (Lipinski definition) is 2. The van der Waals surface area contributed by atoms with E-state index >= 15 is 0 Å². The maximum atomic E-state index is 8.58. The summed E-state index contributed by atoms with van der Waals surface area (Å²) < 4.78 is 0. The van der Waals surface area contributed by atoms with Crippen LogP contribution in [0.1, 0.15) is 25.0 Å². The fourth-order valence-corrected chi connectivity index (χ4v) is 1.70. The summed E-state index contributed by atoms with van der Waals surface area (Å²) in [6, 6.07) is 8.60. The van der Waals surface area contributed by atoms with Crippen molar-refractivity contribution in [2.45, 2.75) is 25.9 Å². The summed E-state index contributed by atoms with van der Waals surface area (Å²) in [5.74, 6) is 0. The van der Waals surface area contributed by atoms with Crippen molar-refractivity contribution in [3.8, 4) is 0 Å². The predicted molar refractivity (Wildman–Crippen MR) is 56.6 cm³/mol. The van der Waals surface area contributed by atoms with Crippen LogP contribution in [0.5, 0.6) is 0 Å². The molecule has 1 heterocycles. The molecular weight excluding hydrogens is 176 g/mol. The van der Waals surface area contributed by atoms with E-state index in [0.717, 1.165) is 6.54 Å². The highest BCUT2D eigenvalue weighted by atomic mass is 16.1. The van der Waals surface area contributed by atoms with Gasteiger partial charge < -0.3 is 11.1 Å². The quantitative estimate of drug-likeness (QED) is 0.605. The van der Waals surface area contributed by atoms with E-state index in [1.165, 1.54) is 11.1 Å². The van der Waals surface area contributed by atoms with Crippen molar-refractivity contribution in [3.05, 3.63) is 35.4 Å². The molecule has 3 nitrogen and oxygen atoms in total. The number of carbonyl (C=O) groups excluding carboxylic acids is 1. The van der Waals surface area contributed by atoms with Crippen molar-refractivity contribution in [3.63, 3.8) is 0 Å². The summed E-state index contributed by atoms with van der Waals surface area (Å²) in [5.41, 5.74) is 7.23. The Bertz CT molecular complexity index is 321. The fourth-order valence-electron chi connectivity index (χ4n) is 1.70. The fraction of sp³-hybridized carbons (Fsp3) is 0.364. The second-order valence-electron chi connectivity index (χ2n) is 3.77. The van der Waals surface area contributed by atoms with Crippen LogP contribution in [0.3, 0.4) is 0 Å². The Morgan fingerprint density at radius 1 is 1.43 bits per heavy atom. The van der Waals surface area contributed by atoms with Crippen LogP contribution in [0.15, 0.2) is 24.3 Å². The van der Waals surface area contributed by atoms with Gasteiger partial charge in [0, 0.05) is 12.1 Å². The Hall–Kier alpha value is -1.35. The molecule has 14 heavy (non-hydrogen) atoms. The highest BCUT2D eigenvalue weighted by Gasteiger charge is 2.27. The van der Waals surface area contributed by atoms with E-state index in [2.05, 4.69) is 49.2 Å². The first-order valence-electron chi connectivity index (χ1n) is 4.60. The van der Waals surface area contributed by atoms with Crippen LogP contribution >= 0.6 is 0 Å². The first-order chi connectivity index (χ1) is 6.61. The molecule has 0 radical (unpaired) electrons. The van der Waals surface area contributed by atoms with Crippen LogP contribution in [-0.2, 0) is 16.9 Å². The number of nitrogens with one attached hydrogen (secondary N) is 1. The smallest absolute Gasteiger partial charge is 0.204 e. The number of primary amides is 1. The molecule has 1 aliphatic heterocycles. The molecule has 0 fully saturated rings. The molecule has 76 valence electrons. The molecule has 0 aliphatic carbocycles. The maximum absolute atomic E-state index is 8.58. The third-order valence-electron chi connectivity index (χ3n) is 2.41. The van der Waals surface area contributed by atoms with Crippen molar-refractivity contribution < 1.29 is 4.79 Å². The van der Waals surface area contributed by atoms with Crippen LogP contribution in [0.25, 0.3) is 0 Å². The minimum Gasteiger partial charge on any atom is -0.372 e. The zero-order valence-electron chi connectivity index (χ0n) is 8.58. The van der Waals surface area contributed by atoms with Gasteiger partial charge in [0.15, 0.2) is 0 Å². The number of benzene rings is 1. The molecule has 0 aromatic heterocycles. The molecule has 0 unspecified atom stereocenters. The number of nitrogens with two attached hydrogens (primary N) is 1. The van der Waals surface area contributed by atoms with Crippen molar-refractivity contribution in [1.29, 1.82) is 0 Å². The molecule has 1 aliphatic rings. The lowest BCUT2D eigenvalue weighted by Crippen LogP contribution is -2.28. The first-order valence-corrected chi connectivity index (χ1v) is 4.60. The van der Waals surface area contributed by atoms with Gasteiger partial charge in [-0.15, -0.1) is 0 Å². The normalized spacial score (nSPS) is 16.4. The number of hydrogen-bond donors (Lipinski definition) is 2. The number of amides is 1. The van der Waals surface area contributed by atoms with Gasteiger partial charge in [0.05, 0.1) is 0 Å². The third-order valence-corrected chi connectivity index (χ3v) is 2.41. The minimum absolute atomic E-state index is 0.177. The standard InChI is InChI=1S/C10H13N.CH3NO/c1-10(2)9-6-4-3-5-8(9)7-11-10;2-1-3/h3-6,11H,7H2,1-2H3;1H,(H2,2,3). The zero-order valence-corrected chi connectivity index (χ0v) is 8.58. The maximum Gasteiger partial charge on any atom is 0.204 e. The first kappa shape index (κ1) is 10.7. The molecule has 0 atom stereocenters. The summed E-state index contributed by atoms with van der Waals surface area (Å²) in [7, 11) is 0. The Balaban J connectivity index is 0.000000293. The predicted octanol–water partition coefficient (Wildman–Crippen LogP) is 1.13. The van der Waals surface area contributed by atoms with Gasteiger partial charge in [-0.2, -0.15) is 0 Å². The Morgan fingerprint density at radius 2 is 2.00 bits per heavy atom. The SMILES string of the molecule is CC1(C)NCc2ccccc21.NC=O. The molecule has 3 heteroatoms. The monoisotopic (exact) mass is 192 g/mol. The van der Waals surface area contributed by atoms with Gasteiger partial charge in [0.25, 0.3) is 0 Å². The van der Waals surface area contributed by atoms with Gasteiger partial charge in [-0.1, -0.05) is 24.3 Å². The van der Waals surface area contributed by atoms with Gasteiger partial charge in [0.2, 0.25) is 6.41 Å². The van der Waals surface area contributed by atoms with Crippen molar-refractivity contribution in [1.82, 2.24) is 5.32 Å². The van der Waals surface area contributed by atoms with Gasteiger partial charge in [-0.25, -0.2) is 0 Å². The van der Waals surface area contributed by atoms with E-state index in [1.54, 1.807) is 0 Å². The average molecular weight is 192 g/mol. The van der Waals surface area contributed by atoms with Crippen LogP contribution in [-0.4, -0.2) is 6.41 Å². The van der Waals surface area contributed by atoms with E-state index in [-0.39, 0.29) is 11.9 Å². The van der Waals surface area contributed by atoms with E-state index in [1.807, 2.05) is 0 Å². The zero-order chi connectivity index (χ0) is 10.6. The van der Waals surface area contributed by atoms with Crippen LogP contribution in [0, 0.1) is 0 Å². The highest BCUT2D eigenvalue weighted by Crippen LogP contribution is 2.29. The molecule has 1 aromatic carbocycles. The Kier molecular flexibility index (Phi) is 3.25. The Morgan fingerprint density at radius 3 is 2.57 bits per heavy atom. The second-order valence-corrected chi connectivity index (χ2v) is 3.77. The molecule has 1 aromatic rings. The van der Waals surface area contributed by atoms with Crippen LogP contribution in [0.4, 0.5) is 0 Å². The largest absolute Gasteiger partial charge is 0.372 e. The topological polar surface area (TPSA) is 55.1 Å². The molecule has 0 bridgehead atoms. The molecule has 0 spiro atoms. The van der Waals surface area contributed by atoms with Gasteiger partial charge in [0.1, 0.15) is 0 Å². The highest BCUT2D eigenvalue weighted by molar-refractivity contribution is 5.42. The minimum atomic E-state index is 0.177. The lowest BCUT2D eigenvalue weighted by atomic mass is 9.95. The van der Waals surface area contributed by atoms with E-state index in [4.69, 9.17) is 4.79 Å². The van der Waals surface area contributed by atoms with Crippen molar-refractivity contribution >= 4 is 6.41 Å². The summed E-state index contributed by atoms with van der Waals surface area (Å²) in [6.07, 6.45) is 0.250. The van der Waals surface area contributed by atoms with Crippen molar-refractivity contribution in [2.75, 3.05) is 0 Å². The summed E-state index contributed by atoms with van der Waals surface area (Å²) in [5, 5.41) is 3.46. The molecule has 0 saturated heterocycles. The van der Waals surface area contributed by atoms with E-state index in [9.17, 15) is 0 Å². The summed E-state index contributed by atoms with van der Waals surface area (Å²) in [6.45, 7) is 5.46.